The number of hydrogen-bond donors (Lipinski definition) is 1. The number of alkyl halides is 2. The summed E-state index contributed by atoms with van der Waals surface area (Å²) in [5.74, 6) is -1.64. The number of aliphatic carboxylic acids is 1. The summed E-state index contributed by atoms with van der Waals surface area (Å²) in [4.78, 5) is 22.1. The normalized spacial score (nSPS) is 10.4. The van der Waals surface area contributed by atoms with Gasteiger partial charge in [-0.1, -0.05) is 0 Å². The fraction of sp³-hybridized carbons (Fsp3) is 0.385. The molecule has 0 heterocycles. The predicted molar refractivity (Wildman–Crippen MR) is 65.4 cm³/mol. The molecular formula is C13H14F2O5. The molecule has 0 aliphatic carbocycles. The van der Waals surface area contributed by atoms with Crippen molar-refractivity contribution in [2.24, 2.45) is 0 Å². The molecule has 0 fully saturated rings. The van der Waals surface area contributed by atoms with E-state index in [1.807, 2.05) is 0 Å². The molecule has 20 heavy (non-hydrogen) atoms. The van der Waals surface area contributed by atoms with Crippen LogP contribution in [0.15, 0.2) is 18.2 Å². The lowest BCUT2D eigenvalue weighted by Crippen LogP contribution is -2.07. The van der Waals surface area contributed by atoms with Gasteiger partial charge < -0.3 is 14.6 Å². The van der Waals surface area contributed by atoms with Crippen molar-refractivity contribution in [3.05, 3.63) is 23.8 Å². The molecule has 110 valence electrons. The Morgan fingerprint density at radius 3 is 2.50 bits per heavy atom. The van der Waals surface area contributed by atoms with Gasteiger partial charge in [0, 0.05) is 12.0 Å². The second-order valence-corrected chi connectivity index (χ2v) is 3.79. The lowest BCUT2D eigenvalue weighted by atomic mass is 10.1. The third kappa shape index (κ3) is 4.83. The average molecular weight is 288 g/mol. The lowest BCUT2D eigenvalue weighted by Gasteiger charge is -2.12. The van der Waals surface area contributed by atoms with Crippen molar-refractivity contribution >= 4 is 11.8 Å². The van der Waals surface area contributed by atoms with Crippen LogP contribution in [-0.4, -0.2) is 30.1 Å². The number of benzene rings is 1. The smallest absolute Gasteiger partial charge is 0.387 e. The Hall–Kier alpha value is -2.18. The number of carboxylic acid groups (broad SMARTS) is 1. The molecule has 0 atom stereocenters. The van der Waals surface area contributed by atoms with Crippen LogP contribution >= 0.6 is 0 Å². The second-order valence-electron chi connectivity index (χ2n) is 3.79. The third-order valence-electron chi connectivity index (χ3n) is 2.35. The van der Waals surface area contributed by atoms with Crippen molar-refractivity contribution in [3.8, 4) is 11.5 Å². The first kappa shape index (κ1) is 15.9. The highest BCUT2D eigenvalue weighted by Crippen LogP contribution is 2.30. The molecular weight excluding hydrogens is 274 g/mol. The van der Waals surface area contributed by atoms with E-state index >= 15 is 0 Å². The fourth-order valence-electron chi connectivity index (χ4n) is 1.51. The van der Waals surface area contributed by atoms with Crippen LogP contribution < -0.4 is 9.47 Å². The number of Topliss-reactive ketones (excluding diaryl/α,β-unsaturated/α-hetero) is 1. The number of ketones is 1. The van der Waals surface area contributed by atoms with E-state index in [4.69, 9.17) is 9.84 Å². The zero-order chi connectivity index (χ0) is 15.1. The SMILES string of the molecule is CCOc1cc(C(=O)CCC(=O)O)ccc1OC(F)F. The number of ether oxygens (including phenoxy) is 2. The number of carboxylic acids is 1. The van der Waals surface area contributed by atoms with E-state index in [1.165, 1.54) is 18.2 Å². The maximum absolute atomic E-state index is 12.2. The molecule has 1 aromatic rings. The maximum atomic E-state index is 12.2. The molecule has 1 N–H and O–H groups in total. The van der Waals surface area contributed by atoms with Crippen molar-refractivity contribution in [2.45, 2.75) is 26.4 Å². The van der Waals surface area contributed by atoms with Gasteiger partial charge in [0.05, 0.1) is 13.0 Å². The van der Waals surface area contributed by atoms with E-state index < -0.39 is 18.4 Å². The number of halogens is 2. The van der Waals surface area contributed by atoms with Crippen molar-refractivity contribution in [3.63, 3.8) is 0 Å². The zero-order valence-electron chi connectivity index (χ0n) is 10.8. The van der Waals surface area contributed by atoms with Crippen LogP contribution in [0.25, 0.3) is 0 Å². The molecule has 0 saturated carbocycles. The first-order valence-corrected chi connectivity index (χ1v) is 5.90. The Labute approximate surface area is 114 Å². The summed E-state index contributed by atoms with van der Waals surface area (Å²) in [5.41, 5.74) is 0.191. The lowest BCUT2D eigenvalue weighted by molar-refractivity contribution is -0.136. The van der Waals surface area contributed by atoms with Gasteiger partial charge in [-0.05, 0) is 25.1 Å². The molecule has 0 aromatic heterocycles. The van der Waals surface area contributed by atoms with E-state index in [0.717, 1.165) is 0 Å². The van der Waals surface area contributed by atoms with Crippen LogP contribution in [0.1, 0.15) is 30.1 Å². The summed E-state index contributed by atoms with van der Waals surface area (Å²) in [6.45, 7) is -1.12. The van der Waals surface area contributed by atoms with Crippen LogP contribution in [0.2, 0.25) is 0 Å². The van der Waals surface area contributed by atoms with Gasteiger partial charge in [-0.3, -0.25) is 9.59 Å². The summed E-state index contributed by atoms with van der Waals surface area (Å²) < 4.78 is 33.8. The highest BCUT2D eigenvalue weighted by Gasteiger charge is 2.15. The van der Waals surface area contributed by atoms with Gasteiger partial charge in [-0.25, -0.2) is 0 Å². The van der Waals surface area contributed by atoms with Crippen molar-refractivity contribution < 1.29 is 33.0 Å². The summed E-state index contributed by atoms with van der Waals surface area (Å²) in [7, 11) is 0. The third-order valence-corrected chi connectivity index (χ3v) is 2.35. The van der Waals surface area contributed by atoms with Crippen LogP contribution in [-0.2, 0) is 4.79 Å². The fourth-order valence-corrected chi connectivity index (χ4v) is 1.51. The number of carbonyl (C=O) groups is 2. The van der Waals surface area contributed by atoms with E-state index in [9.17, 15) is 18.4 Å². The molecule has 0 unspecified atom stereocenters. The average Bonchev–Trinajstić information content (AvgIpc) is 2.37. The Kier molecular flexibility index (Phi) is 5.89. The van der Waals surface area contributed by atoms with Crippen LogP contribution in [0.5, 0.6) is 11.5 Å². The molecule has 1 aromatic carbocycles. The van der Waals surface area contributed by atoms with E-state index in [0.29, 0.717) is 0 Å². The topological polar surface area (TPSA) is 72.8 Å². The molecule has 0 bridgehead atoms. The van der Waals surface area contributed by atoms with E-state index in [-0.39, 0.29) is 36.5 Å². The predicted octanol–water partition coefficient (Wildman–Crippen LogP) is 2.73. The van der Waals surface area contributed by atoms with Gasteiger partial charge in [-0.15, -0.1) is 0 Å². The number of rotatable bonds is 8. The number of carbonyl (C=O) groups excluding carboxylic acids is 1. The van der Waals surface area contributed by atoms with Gasteiger partial charge in [0.15, 0.2) is 17.3 Å². The van der Waals surface area contributed by atoms with Crippen LogP contribution in [0.4, 0.5) is 8.78 Å². The summed E-state index contributed by atoms with van der Waals surface area (Å²) in [6.07, 6.45) is -0.464. The van der Waals surface area contributed by atoms with Crippen LogP contribution in [0, 0.1) is 0 Å². The molecule has 0 aliphatic heterocycles. The Balaban J connectivity index is 2.91. The molecule has 5 nitrogen and oxygen atoms in total. The quantitative estimate of drug-likeness (QED) is 0.745. The summed E-state index contributed by atoms with van der Waals surface area (Å²) >= 11 is 0. The van der Waals surface area contributed by atoms with E-state index in [2.05, 4.69) is 4.74 Å². The van der Waals surface area contributed by atoms with Gasteiger partial charge in [0.1, 0.15) is 0 Å². The first-order valence-electron chi connectivity index (χ1n) is 5.90. The van der Waals surface area contributed by atoms with Gasteiger partial charge >= 0.3 is 12.6 Å². The highest BCUT2D eigenvalue weighted by atomic mass is 19.3. The molecule has 1 rings (SSSR count). The van der Waals surface area contributed by atoms with Crippen molar-refractivity contribution in [1.82, 2.24) is 0 Å². The molecule has 0 saturated heterocycles. The number of hydrogen-bond acceptors (Lipinski definition) is 4. The molecule has 0 spiro atoms. The molecule has 0 radical (unpaired) electrons. The van der Waals surface area contributed by atoms with Gasteiger partial charge in [0.2, 0.25) is 0 Å². The molecule has 0 amide bonds. The minimum atomic E-state index is -3.00. The minimum absolute atomic E-state index is 0.0222. The van der Waals surface area contributed by atoms with Gasteiger partial charge in [-0.2, -0.15) is 8.78 Å². The highest BCUT2D eigenvalue weighted by molar-refractivity contribution is 5.98. The standard InChI is InChI=1S/C13H14F2O5/c1-2-19-11-7-8(9(16)4-6-12(17)18)3-5-10(11)20-13(14)15/h3,5,7,13H,2,4,6H2,1H3,(H,17,18). The summed E-state index contributed by atoms with van der Waals surface area (Å²) in [5, 5.41) is 8.51. The van der Waals surface area contributed by atoms with Crippen molar-refractivity contribution in [1.29, 1.82) is 0 Å². The summed E-state index contributed by atoms with van der Waals surface area (Å²) in [6, 6.07) is 3.76. The second kappa shape index (κ2) is 7.42. The largest absolute Gasteiger partial charge is 0.490 e. The Morgan fingerprint density at radius 2 is 1.95 bits per heavy atom. The van der Waals surface area contributed by atoms with Crippen LogP contribution in [0.3, 0.4) is 0 Å². The Morgan fingerprint density at radius 1 is 1.25 bits per heavy atom. The monoisotopic (exact) mass is 288 g/mol. The zero-order valence-corrected chi connectivity index (χ0v) is 10.8. The van der Waals surface area contributed by atoms with Crippen molar-refractivity contribution in [2.75, 3.05) is 6.61 Å². The van der Waals surface area contributed by atoms with E-state index in [1.54, 1.807) is 6.92 Å². The first-order chi connectivity index (χ1) is 9.43. The molecule has 0 aliphatic rings. The molecule has 7 heteroatoms. The minimum Gasteiger partial charge on any atom is -0.490 e. The maximum Gasteiger partial charge on any atom is 0.387 e. The Bertz CT molecular complexity index is 488. The van der Waals surface area contributed by atoms with Gasteiger partial charge in [0.25, 0.3) is 0 Å².